The van der Waals surface area contributed by atoms with Gasteiger partial charge >= 0.3 is 0 Å². The number of hydrogen-bond acceptors (Lipinski definition) is 6. The number of hydrogen-bond donors (Lipinski definition) is 3. The summed E-state index contributed by atoms with van der Waals surface area (Å²) in [7, 11) is 0. The maximum absolute atomic E-state index is 12.4. The molecule has 3 aromatic carbocycles. The van der Waals surface area contributed by atoms with Gasteiger partial charge in [0.15, 0.2) is 0 Å². The van der Waals surface area contributed by atoms with Gasteiger partial charge in [-0.05, 0) is 67.9 Å². The van der Waals surface area contributed by atoms with Gasteiger partial charge in [-0.2, -0.15) is 0 Å². The van der Waals surface area contributed by atoms with Crippen molar-refractivity contribution in [3.05, 3.63) is 96.2 Å². The summed E-state index contributed by atoms with van der Waals surface area (Å²) in [4.78, 5) is 16.8. The Hall–Kier alpha value is -3.94. The van der Waals surface area contributed by atoms with Crippen molar-refractivity contribution in [3.8, 4) is 17.2 Å². The highest BCUT2D eigenvalue weighted by molar-refractivity contribution is 6.06. The summed E-state index contributed by atoms with van der Waals surface area (Å²) in [5.74, 6) is 1.95. The lowest BCUT2D eigenvalue weighted by molar-refractivity contribution is 0.0957. The van der Waals surface area contributed by atoms with Gasteiger partial charge < -0.3 is 25.2 Å². The van der Waals surface area contributed by atoms with E-state index in [9.17, 15) is 9.90 Å². The highest BCUT2D eigenvalue weighted by atomic mass is 16.5. The van der Waals surface area contributed by atoms with E-state index in [1.165, 1.54) is 0 Å². The molecule has 3 N–H and O–H groups in total. The Morgan fingerprint density at radius 1 is 0.972 bits per heavy atom. The first-order chi connectivity index (χ1) is 17.6. The van der Waals surface area contributed by atoms with Crippen molar-refractivity contribution in [1.29, 1.82) is 0 Å². The minimum absolute atomic E-state index is 0.151. The minimum Gasteiger partial charge on any atom is -0.491 e. The third-order valence-electron chi connectivity index (χ3n) is 5.62. The summed E-state index contributed by atoms with van der Waals surface area (Å²) in [5, 5.41) is 17.0. The number of rotatable bonds is 12. The topological polar surface area (TPSA) is 92.7 Å². The zero-order chi connectivity index (χ0) is 25.2. The molecule has 0 fully saturated rings. The van der Waals surface area contributed by atoms with Gasteiger partial charge in [-0.25, -0.2) is 0 Å². The number of amides is 1. The number of carbonyl (C=O) groups excluding carboxylic acids is 1. The molecule has 0 aliphatic rings. The van der Waals surface area contributed by atoms with Gasteiger partial charge in [0.1, 0.15) is 30.0 Å². The second-order valence-electron chi connectivity index (χ2n) is 8.35. The fourth-order valence-corrected chi connectivity index (χ4v) is 3.80. The van der Waals surface area contributed by atoms with Crippen LogP contribution in [-0.2, 0) is 6.42 Å². The van der Waals surface area contributed by atoms with E-state index in [4.69, 9.17) is 9.47 Å². The summed E-state index contributed by atoms with van der Waals surface area (Å²) < 4.78 is 11.7. The number of fused-ring (bicyclic) bond motifs is 1. The van der Waals surface area contributed by atoms with Crippen LogP contribution in [0.2, 0.25) is 0 Å². The lowest BCUT2D eigenvalue weighted by atomic mass is 10.1. The first-order valence-corrected chi connectivity index (χ1v) is 12.1. The Morgan fingerprint density at radius 2 is 1.78 bits per heavy atom. The molecule has 186 valence electrons. The van der Waals surface area contributed by atoms with Crippen LogP contribution in [-0.4, -0.2) is 48.3 Å². The van der Waals surface area contributed by atoms with Crippen molar-refractivity contribution >= 4 is 16.8 Å². The fraction of sp³-hybridized carbons (Fsp3) is 0.241. The molecule has 36 heavy (non-hydrogen) atoms. The number of ether oxygens (including phenoxy) is 2. The first kappa shape index (κ1) is 25.2. The van der Waals surface area contributed by atoms with Gasteiger partial charge in [0.05, 0.1) is 11.1 Å². The number of aliphatic hydroxyl groups excluding tert-OH is 1. The first-order valence-electron chi connectivity index (χ1n) is 12.1. The predicted molar refractivity (Wildman–Crippen MR) is 141 cm³/mol. The Kier molecular flexibility index (Phi) is 8.86. The second kappa shape index (κ2) is 12.7. The van der Waals surface area contributed by atoms with Crippen LogP contribution in [0.1, 0.15) is 22.8 Å². The van der Waals surface area contributed by atoms with Gasteiger partial charge in [0.2, 0.25) is 0 Å². The number of para-hydroxylation sites is 2. The van der Waals surface area contributed by atoms with Crippen LogP contribution in [0.25, 0.3) is 10.9 Å². The molecule has 0 aliphatic carbocycles. The van der Waals surface area contributed by atoms with Crippen LogP contribution in [0.15, 0.2) is 85.1 Å². The largest absolute Gasteiger partial charge is 0.491 e. The van der Waals surface area contributed by atoms with Crippen LogP contribution in [0.4, 0.5) is 0 Å². The monoisotopic (exact) mass is 485 g/mol. The highest BCUT2D eigenvalue weighted by Gasteiger charge is 2.13. The van der Waals surface area contributed by atoms with Crippen LogP contribution >= 0.6 is 0 Å². The number of pyridine rings is 1. The molecular weight excluding hydrogens is 454 g/mol. The molecule has 0 saturated carbocycles. The minimum atomic E-state index is -0.579. The molecule has 0 radical (unpaired) electrons. The molecule has 1 aromatic heterocycles. The van der Waals surface area contributed by atoms with E-state index in [2.05, 4.69) is 15.6 Å². The van der Waals surface area contributed by atoms with E-state index in [-0.39, 0.29) is 12.5 Å². The summed E-state index contributed by atoms with van der Waals surface area (Å²) in [5.41, 5.74) is 2.29. The molecule has 7 heteroatoms. The molecule has 0 saturated heterocycles. The predicted octanol–water partition coefficient (Wildman–Crippen LogP) is 4.35. The summed E-state index contributed by atoms with van der Waals surface area (Å²) in [6.07, 6.45) is 1.89. The van der Waals surface area contributed by atoms with Gasteiger partial charge in [-0.3, -0.25) is 9.78 Å². The number of carbonyl (C=O) groups is 1. The van der Waals surface area contributed by atoms with Crippen molar-refractivity contribution in [2.45, 2.75) is 19.4 Å². The van der Waals surface area contributed by atoms with Gasteiger partial charge in [-0.1, -0.05) is 36.4 Å². The van der Waals surface area contributed by atoms with Crippen LogP contribution in [0.5, 0.6) is 17.2 Å². The van der Waals surface area contributed by atoms with E-state index < -0.39 is 6.10 Å². The number of aromatic nitrogens is 1. The summed E-state index contributed by atoms with van der Waals surface area (Å²) in [6, 6.07) is 24.7. The molecule has 4 rings (SSSR count). The van der Waals surface area contributed by atoms with Gasteiger partial charge in [-0.15, -0.1) is 0 Å². The van der Waals surface area contributed by atoms with Crippen molar-refractivity contribution < 1.29 is 19.4 Å². The molecule has 1 amide bonds. The zero-order valence-electron chi connectivity index (χ0n) is 20.3. The molecule has 1 unspecified atom stereocenters. The van der Waals surface area contributed by atoms with Gasteiger partial charge in [0, 0.05) is 24.7 Å². The Labute approximate surface area is 211 Å². The zero-order valence-corrected chi connectivity index (χ0v) is 20.3. The molecule has 0 aliphatic heterocycles. The molecule has 0 spiro atoms. The molecule has 0 bridgehead atoms. The molecule has 7 nitrogen and oxygen atoms in total. The third kappa shape index (κ3) is 6.81. The lowest BCUT2D eigenvalue weighted by Gasteiger charge is -2.13. The molecule has 1 atom stereocenters. The Bertz CT molecular complexity index is 1260. The number of benzene rings is 3. The molecule has 1 heterocycles. The smallest absolute Gasteiger partial charge is 0.253 e. The SMILES string of the molecule is CCNC(=O)c1cccc2c(Oc3ccc(CCNCC(O)COc4ccccc4)cc3)ccnc12. The van der Waals surface area contributed by atoms with E-state index in [0.717, 1.165) is 29.7 Å². The number of aliphatic hydroxyl groups is 1. The Balaban J connectivity index is 1.28. The lowest BCUT2D eigenvalue weighted by Crippen LogP contribution is -2.32. The van der Waals surface area contributed by atoms with Crippen LogP contribution in [0.3, 0.4) is 0 Å². The van der Waals surface area contributed by atoms with Crippen LogP contribution < -0.4 is 20.1 Å². The normalized spacial score (nSPS) is 11.7. The number of nitrogens with one attached hydrogen (secondary N) is 2. The van der Waals surface area contributed by atoms with E-state index >= 15 is 0 Å². The fourth-order valence-electron chi connectivity index (χ4n) is 3.80. The van der Waals surface area contributed by atoms with E-state index in [1.54, 1.807) is 18.3 Å². The molecule has 4 aromatic rings. The Morgan fingerprint density at radius 3 is 2.56 bits per heavy atom. The van der Waals surface area contributed by atoms with E-state index in [0.29, 0.717) is 35.7 Å². The van der Waals surface area contributed by atoms with Crippen molar-refractivity contribution in [2.24, 2.45) is 0 Å². The number of nitrogens with zero attached hydrogens (tertiary/aromatic N) is 1. The summed E-state index contributed by atoms with van der Waals surface area (Å²) in [6.45, 7) is 3.88. The quantitative estimate of drug-likeness (QED) is 0.259. The van der Waals surface area contributed by atoms with Crippen molar-refractivity contribution in [1.82, 2.24) is 15.6 Å². The average Bonchev–Trinajstić information content (AvgIpc) is 2.91. The highest BCUT2D eigenvalue weighted by Crippen LogP contribution is 2.30. The average molecular weight is 486 g/mol. The molecular formula is C29H31N3O4. The maximum Gasteiger partial charge on any atom is 0.253 e. The van der Waals surface area contributed by atoms with Crippen molar-refractivity contribution in [3.63, 3.8) is 0 Å². The summed E-state index contributed by atoms with van der Waals surface area (Å²) >= 11 is 0. The van der Waals surface area contributed by atoms with Crippen LogP contribution in [0, 0.1) is 0 Å². The van der Waals surface area contributed by atoms with E-state index in [1.807, 2.05) is 73.7 Å². The van der Waals surface area contributed by atoms with Crippen molar-refractivity contribution in [2.75, 3.05) is 26.2 Å². The standard InChI is InChI=1S/C29H31N3O4/c1-2-31-29(34)26-10-6-9-25-27(16-18-32-28(25)26)36-24-13-11-21(12-14-24)15-17-30-19-22(33)20-35-23-7-4-3-5-8-23/h3-14,16,18,22,30,33H,2,15,17,19-20H2,1H3,(H,31,34). The maximum atomic E-state index is 12.4. The van der Waals surface area contributed by atoms with Gasteiger partial charge in [0.25, 0.3) is 5.91 Å². The second-order valence-corrected chi connectivity index (χ2v) is 8.35. The third-order valence-corrected chi connectivity index (χ3v) is 5.62.